The van der Waals surface area contributed by atoms with Gasteiger partial charge in [0.25, 0.3) is 5.56 Å². The van der Waals surface area contributed by atoms with Crippen molar-refractivity contribution in [3.63, 3.8) is 0 Å². The summed E-state index contributed by atoms with van der Waals surface area (Å²) in [7, 11) is 1.88. The molecule has 1 aromatic carbocycles. The molecule has 0 N–H and O–H groups in total. The second kappa shape index (κ2) is 7.87. The molecule has 1 atom stereocenters. The van der Waals surface area contributed by atoms with E-state index in [0.29, 0.717) is 5.16 Å². The van der Waals surface area contributed by atoms with Crippen molar-refractivity contribution in [1.29, 1.82) is 0 Å². The monoisotopic (exact) mass is 357 g/mol. The van der Waals surface area contributed by atoms with Crippen LogP contribution in [0.25, 0.3) is 0 Å². The lowest BCUT2D eigenvalue weighted by Gasteiger charge is -2.33. The summed E-state index contributed by atoms with van der Waals surface area (Å²) >= 11 is 1.33. The van der Waals surface area contributed by atoms with E-state index < -0.39 is 0 Å². The minimum Gasteiger partial charge on any atom is -0.338 e. The van der Waals surface area contributed by atoms with E-state index in [4.69, 9.17) is 0 Å². The summed E-state index contributed by atoms with van der Waals surface area (Å²) in [5, 5.41) is 0.598. The lowest BCUT2D eigenvalue weighted by atomic mass is 9.87. The van der Waals surface area contributed by atoms with Crippen LogP contribution in [-0.2, 0) is 17.8 Å². The highest BCUT2D eigenvalue weighted by Crippen LogP contribution is 2.33. The van der Waals surface area contributed by atoms with Crippen molar-refractivity contribution in [3.05, 3.63) is 58.0 Å². The first-order valence-corrected chi connectivity index (χ1v) is 9.62. The summed E-state index contributed by atoms with van der Waals surface area (Å²) in [6.07, 6.45) is 4.90. The molecule has 1 aromatic heterocycles. The Hall–Kier alpha value is -2.08. The van der Waals surface area contributed by atoms with Crippen molar-refractivity contribution in [2.75, 3.05) is 12.8 Å². The second-order valence-electron chi connectivity index (χ2n) is 6.23. The van der Waals surface area contributed by atoms with E-state index in [-0.39, 0.29) is 23.3 Å². The Labute approximate surface area is 152 Å². The van der Waals surface area contributed by atoms with Crippen LogP contribution in [0.2, 0.25) is 0 Å². The van der Waals surface area contributed by atoms with Crippen molar-refractivity contribution < 1.29 is 4.79 Å². The average Bonchev–Trinajstić information content (AvgIpc) is 2.65. The van der Waals surface area contributed by atoms with Gasteiger partial charge in [-0.3, -0.25) is 9.59 Å². The molecule has 1 aliphatic carbocycles. The van der Waals surface area contributed by atoms with Crippen LogP contribution in [0.5, 0.6) is 0 Å². The van der Waals surface area contributed by atoms with Gasteiger partial charge in [-0.15, -0.1) is 0 Å². The van der Waals surface area contributed by atoms with Crippen molar-refractivity contribution in [2.24, 2.45) is 0 Å². The molecule has 0 saturated heterocycles. The van der Waals surface area contributed by atoms with Gasteiger partial charge in [0.05, 0.1) is 11.8 Å². The Morgan fingerprint density at radius 2 is 2.16 bits per heavy atom. The fourth-order valence-corrected chi connectivity index (χ4v) is 4.27. The Morgan fingerprint density at radius 1 is 1.36 bits per heavy atom. The lowest BCUT2D eigenvalue weighted by molar-refractivity contribution is -0.129. The molecule has 25 heavy (non-hydrogen) atoms. The minimum atomic E-state index is -0.269. The lowest BCUT2D eigenvalue weighted by Crippen LogP contribution is -2.34. The standard InChI is InChI=1S/C19H23N3O2S/c1-3-22-12-11-17(23)20-19(22)25-13-18(24)21(2)16-10-6-8-14-7-4-5-9-15(14)16/h4-5,7,9,11-12,16H,3,6,8,10,13H2,1-2H3. The zero-order valence-electron chi connectivity index (χ0n) is 14.6. The van der Waals surface area contributed by atoms with Gasteiger partial charge in [-0.25, -0.2) is 0 Å². The molecule has 5 nitrogen and oxygen atoms in total. The molecule has 132 valence electrons. The van der Waals surface area contributed by atoms with E-state index in [9.17, 15) is 9.59 Å². The summed E-state index contributed by atoms with van der Waals surface area (Å²) < 4.78 is 1.88. The molecule has 0 aliphatic heterocycles. The number of carbonyl (C=O) groups excluding carboxylic acids is 1. The Morgan fingerprint density at radius 3 is 2.96 bits per heavy atom. The van der Waals surface area contributed by atoms with Gasteiger partial charge in [-0.2, -0.15) is 4.98 Å². The molecular weight excluding hydrogens is 334 g/mol. The molecule has 1 aliphatic rings. The highest BCUT2D eigenvalue weighted by atomic mass is 32.2. The quantitative estimate of drug-likeness (QED) is 0.610. The number of fused-ring (bicyclic) bond motifs is 1. The number of benzene rings is 1. The third kappa shape index (κ3) is 3.95. The first-order chi connectivity index (χ1) is 12.1. The van der Waals surface area contributed by atoms with Gasteiger partial charge < -0.3 is 9.47 Å². The smallest absolute Gasteiger partial charge is 0.273 e. The van der Waals surface area contributed by atoms with E-state index in [1.165, 1.54) is 29.0 Å². The molecule has 0 radical (unpaired) electrons. The number of carbonyl (C=O) groups is 1. The maximum absolute atomic E-state index is 12.7. The predicted molar refractivity (Wildman–Crippen MR) is 99.8 cm³/mol. The molecular formula is C19H23N3O2S. The summed E-state index contributed by atoms with van der Waals surface area (Å²) in [5.74, 6) is 0.346. The minimum absolute atomic E-state index is 0.0625. The van der Waals surface area contributed by atoms with Crippen molar-refractivity contribution in [1.82, 2.24) is 14.5 Å². The maximum Gasteiger partial charge on any atom is 0.273 e. The highest BCUT2D eigenvalue weighted by molar-refractivity contribution is 7.99. The van der Waals surface area contributed by atoms with Gasteiger partial charge in [0.2, 0.25) is 5.91 Å². The molecule has 0 spiro atoms. The highest BCUT2D eigenvalue weighted by Gasteiger charge is 2.26. The molecule has 3 rings (SSSR count). The molecule has 0 fully saturated rings. The van der Waals surface area contributed by atoms with Crippen LogP contribution in [0.15, 0.2) is 46.5 Å². The number of amides is 1. The van der Waals surface area contributed by atoms with E-state index >= 15 is 0 Å². The Bertz CT molecular complexity index is 818. The van der Waals surface area contributed by atoms with Crippen LogP contribution < -0.4 is 5.56 Å². The van der Waals surface area contributed by atoms with E-state index in [0.717, 1.165) is 25.8 Å². The van der Waals surface area contributed by atoms with Crippen molar-refractivity contribution in [2.45, 2.75) is 43.9 Å². The van der Waals surface area contributed by atoms with Crippen LogP contribution in [0, 0.1) is 0 Å². The fraction of sp³-hybridized carbons (Fsp3) is 0.421. The Balaban J connectivity index is 1.70. The zero-order valence-corrected chi connectivity index (χ0v) is 15.5. The first-order valence-electron chi connectivity index (χ1n) is 8.64. The van der Waals surface area contributed by atoms with Crippen molar-refractivity contribution in [3.8, 4) is 0 Å². The third-order valence-electron chi connectivity index (χ3n) is 4.71. The van der Waals surface area contributed by atoms with Crippen LogP contribution in [0.4, 0.5) is 0 Å². The summed E-state index contributed by atoms with van der Waals surface area (Å²) in [4.78, 5) is 30.1. The van der Waals surface area contributed by atoms with Gasteiger partial charge in [0.15, 0.2) is 5.16 Å². The van der Waals surface area contributed by atoms with Gasteiger partial charge in [-0.05, 0) is 37.3 Å². The molecule has 1 unspecified atom stereocenters. The largest absolute Gasteiger partial charge is 0.338 e. The number of hydrogen-bond donors (Lipinski definition) is 0. The van der Waals surface area contributed by atoms with Gasteiger partial charge in [0.1, 0.15) is 0 Å². The SMILES string of the molecule is CCn1ccc(=O)nc1SCC(=O)N(C)C1CCCc2ccccc21. The zero-order chi connectivity index (χ0) is 17.8. The number of aromatic nitrogens is 2. The predicted octanol–water partition coefficient (Wildman–Crippen LogP) is 2.89. The van der Waals surface area contributed by atoms with E-state index in [1.807, 2.05) is 29.5 Å². The van der Waals surface area contributed by atoms with Crippen LogP contribution in [0.1, 0.15) is 36.9 Å². The normalized spacial score (nSPS) is 16.3. The summed E-state index contributed by atoms with van der Waals surface area (Å²) in [6.45, 7) is 2.71. The van der Waals surface area contributed by atoms with E-state index in [2.05, 4.69) is 23.2 Å². The van der Waals surface area contributed by atoms with Gasteiger partial charge >= 0.3 is 0 Å². The number of rotatable bonds is 5. The number of nitrogens with zero attached hydrogens (tertiary/aromatic N) is 3. The van der Waals surface area contributed by atoms with Gasteiger partial charge in [0, 0.05) is 25.9 Å². The second-order valence-corrected chi connectivity index (χ2v) is 7.18. The Kier molecular flexibility index (Phi) is 5.58. The number of thioether (sulfide) groups is 1. The third-order valence-corrected chi connectivity index (χ3v) is 5.69. The number of aryl methyl sites for hydroxylation is 2. The maximum atomic E-state index is 12.7. The van der Waals surface area contributed by atoms with Crippen LogP contribution >= 0.6 is 11.8 Å². The molecule has 6 heteroatoms. The fourth-order valence-electron chi connectivity index (χ4n) is 3.30. The topological polar surface area (TPSA) is 55.2 Å². The number of hydrogen-bond acceptors (Lipinski definition) is 4. The molecule has 0 saturated carbocycles. The van der Waals surface area contributed by atoms with Crippen LogP contribution in [0.3, 0.4) is 0 Å². The average molecular weight is 357 g/mol. The van der Waals surface area contributed by atoms with Crippen LogP contribution in [-0.4, -0.2) is 33.2 Å². The first kappa shape index (κ1) is 17.7. The van der Waals surface area contributed by atoms with Crippen molar-refractivity contribution >= 4 is 17.7 Å². The molecule has 1 heterocycles. The molecule has 1 amide bonds. The summed E-state index contributed by atoms with van der Waals surface area (Å²) in [5.41, 5.74) is 2.34. The molecule has 2 aromatic rings. The van der Waals surface area contributed by atoms with E-state index in [1.54, 1.807) is 6.20 Å². The summed E-state index contributed by atoms with van der Waals surface area (Å²) in [6, 6.07) is 9.96. The van der Waals surface area contributed by atoms with Gasteiger partial charge in [-0.1, -0.05) is 36.0 Å². The molecule has 0 bridgehead atoms.